The van der Waals surface area contributed by atoms with Gasteiger partial charge in [0.2, 0.25) is 0 Å². The average Bonchev–Trinajstić information content (AvgIpc) is 2.17. The summed E-state index contributed by atoms with van der Waals surface area (Å²) in [4.78, 5) is 0.619. The monoisotopic (exact) mass is 194 g/mol. The lowest BCUT2D eigenvalue weighted by Gasteiger charge is -2.13. The van der Waals surface area contributed by atoms with Gasteiger partial charge in [0.25, 0.3) is 0 Å². The maximum Gasteiger partial charge on any atom is 0.0632 e. The van der Waals surface area contributed by atoms with Crippen molar-refractivity contribution in [3.8, 4) is 0 Å². The topological polar surface area (TPSA) is 40.5 Å². The van der Waals surface area contributed by atoms with Gasteiger partial charge in [-0.25, -0.2) is 0 Å². The van der Waals surface area contributed by atoms with Crippen molar-refractivity contribution in [2.75, 3.05) is 0 Å². The summed E-state index contributed by atoms with van der Waals surface area (Å²) in [6.45, 7) is 0. The molecule has 68 valence electrons. The lowest BCUT2D eigenvalue weighted by molar-refractivity contribution is 0.517. The van der Waals surface area contributed by atoms with Gasteiger partial charge in [-0.15, -0.1) is 0 Å². The molecular weight excluding hydrogens is 184 g/mol. The van der Waals surface area contributed by atoms with Crippen molar-refractivity contribution in [1.82, 2.24) is 0 Å². The highest BCUT2D eigenvalue weighted by Crippen LogP contribution is 2.33. The van der Waals surface area contributed by atoms with Gasteiger partial charge in [0.05, 0.1) is 4.90 Å². The predicted octanol–water partition coefficient (Wildman–Crippen LogP) is 3.15. The first-order valence-electron chi connectivity index (χ1n) is 3.94. The minimum Gasteiger partial charge on any atom is -0.297 e. The average molecular weight is 194 g/mol. The molecule has 3 heteroatoms. The molecule has 0 aliphatic rings. The second-order valence-corrected chi connectivity index (χ2v) is 3.85. The van der Waals surface area contributed by atoms with Crippen LogP contribution in [0.3, 0.4) is 0 Å². The molecular formula is C10H10O2S. The van der Waals surface area contributed by atoms with Gasteiger partial charge in [0.1, 0.15) is 0 Å². The van der Waals surface area contributed by atoms with Gasteiger partial charge in [0, 0.05) is 5.39 Å². The molecule has 2 aromatic carbocycles. The van der Waals surface area contributed by atoms with E-state index in [1.807, 2.05) is 36.4 Å². The van der Waals surface area contributed by atoms with Crippen LogP contribution in [0.1, 0.15) is 0 Å². The van der Waals surface area contributed by atoms with Crippen LogP contribution >= 0.6 is 11.5 Å². The highest BCUT2D eigenvalue weighted by atomic mass is 32.2. The molecule has 0 saturated heterocycles. The molecule has 0 aromatic heterocycles. The molecule has 0 amide bonds. The number of fused-ring (bicyclic) bond motifs is 1. The molecule has 0 aliphatic heterocycles. The van der Waals surface area contributed by atoms with E-state index in [9.17, 15) is 0 Å². The van der Waals surface area contributed by atoms with Gasteiger partial charge in [0.15, 0.2) is 0 Å². The van der Waals surface area contributed by atoms with Crippen molar-refractivity contribution >= 4 is 22.2 Å². The van der Waals surface area contributed by atoms with Crippen LogP contribution in [0, 0.1) is 0 Å². The SMILES string of the molecule is O[SH](O)c1cccc2ccccc12. The van der Waals surface area contributed by atoms with E-state index >= 15 is 0 Å². The molecule has 0 bridgehead atoms. The maximum atomic E-state index is 9.14. The number of rotatable bonds is 1. The fourth-order valence-electron chi connectivity index (χ4n) is 1.38. The Labute approximate surface area is 79.2 Å². The summed E-state index contributed by atoms with van der Waals surface area (Å²) < 4.78 is 18.3. The fourth-order valence-corrected chi connectivity index (χ4v) is 2.02. The second-order valence-electron chi connectivity index (χ2n) is 2.79. The molecule has 0 radical (unpaired) electrons. The quantitative estimate of drug-likeness (QED) is 0.610. The molecule has 0 unspecified atom stereocenters. The maximum absolute atomic E-state index is 9.14. The highest BCUT2D eigenvalue weighted by Gasteiger charge is 2.01. The zero-order valence-electron chi connectivity index (χ0n) is 6.88. The zero-order valence-corrected chi connectivity index (χ0v) is 7.78. The predicted molar refractivity (Wildman–Crippen MR) is 56.5 cm³/mol. The summed E-state index contributed by atoms with van der Waals surface area (Å²) in [7, 11) is 0. The van der Waals surface area contributed by atoms with Crippen molar-refractivity contribution in [2.24, 2.45) is 0 Å². The minimum atomic E-state index is -2.00. The summed E-state index contributed by atoms with van der Waals surface area (Å²) in [5, 5.41) is 1.96. The van der Waals surface area contributed by atoms with Gasteiger partial charge in [-0.3, -0.25) is 9.11 Å². The number of hydrogen-bond donors (Lipinski definition) is 3. The van der Waals surface area contributed by atoms with Crippen LogP contribution in [0.15, 0.2) is 47.4 Å². The fraction of sp³-hybridized carbons (Fsp3) is 0. The van der Waals surface area contributed by atoms with Crippen LogP contribution in [0.5, 0.6) is 0 Å². The second kappa shape index (κ2) is 3.38. The largest absolute Gasteiger partial charge is 0.297 e. The molecule has 2 rings (SSSR count). The summed E-state index contributed by atoms with van der Waals surface area (Å²) in [6, 6.07) is 13.2. The van der Waals surface area contributed by atoms with Crippen molar-refractivity contribution in [3.63, 3.8) is 0 Å². The third-order valence-electron chi connectivity index (χ3n) is 1.98. The highest BCUT2D eigenvalue weighted by molar-refractivity contribution is 8.07. The molecule has 0 heterocycles. The minimum absolute atomic E-state index is 0.619. The van der Waals surface area contributed by atoms with Gasteiger partial charge in [-0.2, -0.15) is 11.5 Å². The van der Waals surface area contributed by atoms with Crippen molar-refractivity contribution in [3.05, 3.63) is 42.5 Å². The van der Waals surface area contributed by atoms with E-state index in [4.69, 9.17) is 9.11 Å². The standard InChI is InChI=1S/C10H10O2S/c11-13(12)10-7-3-5-8-4-1-2-6-9(8)10/h1-7,11-13H. The third-order valence-corrected chi connectivity index (χ3v) is 2.80. The van der Waals surface area contributed by atoms with Crippen LogP contribution in [0.4, 0.5) is 0 Å². The van der Waals surface area contributed by atoms with Crippen LogP contribution in [0.25, 0.3) is 10.8 Å². The summed E-state index contributed by atoms with van der Waals surface area (Å²) in [5.74, 6) is 0. The first-order chi connectivity index (χ1) is 6.29. The zero-order chi connectivity index (χ0) is 9.26. The normalized spacial score (nSPS) is 11.7. The molecule has 0 atom stereocenters. The van der Waals surface area contributed by atoms with Crippen LogP contribution in [-0.2, 0) is 0 Å². The smallest absolute Gasteiger partial charge is 0.0632 e. The lowest BCUT2D eigenvalue weighted by Crippen LogP contribution is -1.81. The first kappa shape index (κ1) is 8.56. The van der Waals surface area contributed by atoms with E-state index in [1.165, 1.54) is 0 Å². The molecule has 2 nitrogen and oxygen atoms in total. The Balaban J connectivity index is 2.76. The Bertz CT molecular complexity index is 421. The van der Waals surface area contributed by atoms with Crippen LogP contribution < -0.4 is 0 Å². The van der Waals surface area contributed by atoms with Crippen molar-refractivity contribution < 1.29 is 9.11 Å². The number of benzene rings is 2. The van der Waals surface area contributed by atoms with Gasteiger partial charge < -0.3 is 0 Å². The number of thiol groups is 1. The first-order valence-corrected chi connectivity index (χ1v) is 5.19. The molecule has 0 fully saturated rings. The van der Waals surface area contributed by atoms with Crippen molar-refractivity contribution in [1.29, 1.82) is 0 Å². The van der Waals surface area contributed by atoms with Crippen molar-refractivity contribution in [2.45, 2.75) is 4.90 Å². The Hall–Kier alpha value is -1.03. The molecule has 0 saturated carbocycles. The van der Waals surface area contributed by atoms with E-state index in [-0.39, 0.29) is 0 Å². The summed E-state index contributed by atoms with van der Waals surface area (Å²) in [6.07, 6.45) is 0. The van der Waals surface area contributed by atoms with E-state index in [1.54, 1.807) is 6.07 Å². The van der Waals surface area contributed by atoms with E-state index in [2.05, 4.69) is 0 Å². The van der Waals surface area contributed by atoms with E-state index < -0.39 is 11.5 Å². The van der Waals surface area contributed by atoms with E-state index in [0.29, 0.717) is 4.90 Å². The number of hydrogen-bond acceptors (Lipinski definition) is 2. The van der Waals surface area contributed by atoms with Crippen LogP contribution in [0.2, 0.25) is 0 Å². The van der Waals surface area contributed by atoms with Gasteiger partial charge >= 0.3 is 0 Å². The van der Waals surface area contributed by atoms with Crippen LogP contribution in [-0.4, -0.2) is 9.11 Å². The Morgan fingerprint density at radius 1 is 0.846 bits per heavy atom. The van der Waals surface area contributed by atoms with Gasteiger partial charge in [-0.05, 0) is 11.5 Å². The molecule has 0 aliphatic carbocycles. The molecule has 2 N–H and O–H groups in total. The van der Waals surface area contributed by atoms with E-state index in [0.717, 1.165) is 10.8 Å². The molecule has 13 heavy (non-hydrogen) atoms. The molecule has 2 aromatic rings. The Morgan fingerprint density at radius 2 is 1.54 bits per heavy atom. The third kappa shape index (κ3) is 1.54. The Morgan fingerprint density at radius 3 is 2.31 bits per heavy atom. The summed E-state index contributed by atoms with van der Waals surface area (Å²) in [5.41, 5.74) is 0. The lowest BCUT2D eigenvalue weighted by atomic mass is 10.1. The Kier molecular flexibility index (Phi) is 2.22. The summed E-state index contributed by atoms with van der Waals surface area (Å²) >= 11 is -2.00. The van der Waals surface area contributed by atoms with Gasteiger partial charge in [-0.1, -0.05) is 36.4 Å². The molecule has 0 spiro atoms.